The summed E-state index contributed by atoms with van der Waals surface area (Å²) >= 11 is 0. The molecule has 19 heavy (non-hydrogen) atoms. The fourth-order valence-corrected chi connectivity index (χ4v) is 1.92. The number of nitrogen functional groups attached to an aromatic ring is 1. The topological polar surface area (TPSA) is 61.0 Å². The number of hydrogen-bond donors (Lipinski definition) is 1. The molecule has 1 aromatic heterocycles. The molecule has 4 nitrogen and oxygen atoms in total. The Bertz CT molecular complexity index is 571. The van der Waals surface area contributed by atoms with E-state index in [0.717, 1.165) is 16.9 Å². The second kappa shape index (κ2) is 4.88. The number of nitrogens with zero attached hydrogens (tertiary/aromatic N) is 2. The highest BCUT2D eigenvalue weighted by atomic mass is 16.5. The molecule has 100 valence electrons. The lowest BCUT2D eigenvalue weighted by Gasteiger charge is -2.22. The zero-order chi connectivity index (χ0) is 14.0. The van der Waals surface area contributed by atoms with Gasteiger partial charge in [0.2, 0.25) is 0 Å². The van der Waals surface area contributed by atoms with Crippen molar-refractivity contribution in [3.63, 3.8) is 0 Å². The van der Waals surface area contributed by atoms with Gasteiger partial charge in [0.05, 0.1) is 25.2 Å². The van der Waals surface area contributed by atoms with E-state index in [1.165, 1.54) is 0 Å². The smallest absolute Gasteiger partial charge is 0.159 e. The average molecular weight is 257 g/mol. The van der Waals surface area contributed by atoms with Gasteiger partial charge in [-0.05, 0) is 23.6 Å². The lowest BCUT2D eigenvalue weighted by atomic mass is 9.85. The Hall–Kier alpha value is -2.10. The second-order valence-electron chi connectivity index (χ2n) is 5.51. The maximum Gasteiger partial charge on any atom is 0.159 e. The minimum absolute atomic E-state index is 0.00480. The Morgan fingerprint density at radius 3 is 2.26 bits per heavy atom. The molecule has 2 N–H and O–H groups in total. The standard InChI is InChI=1S/C15H19N3O/c1-15(2,3)12-7-10(5-6-13(12)19-4)14-17-8-11(16)9-18-14/h5-9H,16H2,1-4H3. The van der Waals surface area contributed by atoms with Crippen LogP contribution in [0.1, 0.15) is 26.3 Å². The van der Waals surface area contributed by atoms with Crippen molar-refractivity contribution in [2.24, 2.45) is 0 Å². The first kappa shape index (κ1) is 13.3. The van der Waals surface area contributed by atoms with Crippen LogP contribution in [-0.2, 0) is 5.41 Å². The minimum atomic E-state index is -0.00480. The van der Waals surface area contributed by atoms with Crippen molar-refractivity contribution >= 4 is 5.69 Å². The van der Waals surface area contributed by atoms with Gasteiger partial charge in [-0.25, -0.2) is 9.97 Å². The highest BCUT2D eigenvalue weighted by Crippen LogP contribution is 2.34. The quantitative estimate of drug-likeness (QED) is 0.898. The van der Waals surface area contributed by atoms with Gasteiger partial charge in [-0.2, -0.15) is 0 Å². The second-order valence-corrected chi connectivity index (χ2v) is 5.51. The summed E-state index contributed by atoms with van der Waals surface area (Å²) in [7, 11) is 1.68. The van der Waals surface area contributed by atoms with E-state index in [1.807, 2.05) is 12.1 Å². The van der Waals surface area contributed by atoms with E-state index in [-0.39, 0.29) is 5.41 Å². The van der Waals surface area contributed by atoms with E-state index in [4.69, 9.17) is 10.5 Å². The molecule has 1 aromatic carbocycles. The van der Waals surface area contributed by atoms with E-state index in [0.29, 0.717) is 11.5 Å². The molecule has 0 bridgehead atoms. The number of nitrogens with two attached hydrogens (primary N) is 1. The van der Waals surface area contributed by atoms with E-state index in [1.54, 1.807) is 19.5 Å². The van der Waals surface area contributed by atoms with Crippen molar-refractivity contribution in [2.45, 2.75) is 26.2 Å². The molecule has 0 aliphatic rings. The molecule has 2 aromatic rings. The van der Waals surface area contributed by atoms with Crippen LogP contribution in [0, 0.1) is 0 Å². The van der Waals surface area contributed by atoms with Crippen LogP contribution in [0.25, 0.3) is 11.4 Å². The molecule has 0 radical (unpaired) electrons. The first-order valence-corrected chi connectivity index (χ1v) is 6.18. The van der Waals surface area contributed by atoms with Crippen molar-refractivity contribution in [1.82, 2.24) is 9.97 Å². The zero-order valence-corrected chi connectivity index (χ0v) is 11.8. The molecule has 0 unspecified atom stereocenters. The molecule has 0 fully saturated rings. The Labute approximate surface area is 113 Å². The third-order valence-corrected chi connectivity index (χ3v) is 2.94. The van der Waals surface area contributed by atoms with Gasteiger partial charge in [-0.3, -0.25) is 0 Å². The van der Waals surface area contributed by atoms with Gasteiger partial charge in [0, 0.05) is 11.1 Å². The maximum absolute atomic E-state index is 5.60. The Kier molecular flexibility index (Phi) is 3.42. The third-order valence-electron chi connectivity index (χ3n) is 2.94. The van der Waals surface area contributed by atoms with Crippen LogP contribution in [0.5, 0.6) is 5.75 Å². The van der Waals surface area contributed by atoms with Gasteiger partial charge >= 0.3 is 0 Å². The maximum atomic E-state index is 5.60. The van der Waals surface area contributed by atoms with Gasteiger partial charge in [-0.1, -0.05) is 20.8 Å². The van der Waals surface area contributed by atoms with E-state index < -0.39 is 0 Å². The molecule has 0 amide bonds. The Balaban J connectivity index is 2.52. The van der Waals surface area contributed by atoms with E-state index in [9.17, 15) is 0 Å². The fraction of sp³-hybridized carbons (Fsp3) is 0.333. The lowest BCUT2D eigenvalue weighted by Crippen LogP contribution is -2.13. The molecule has 0 atom stereocenters. The van der Waals surface area contributed by atoms with Gasteiger partial charge in [0.25, 0.3) is 0 Å². The first-order chi connectivity index (χ1) is 8.91. The number of rotatable bonds is 2. The van der Waals surface area contributed by atoms with Crippen LogP contribution >= 0.6 is 0 Å². The first-order valence-electron chi connectivity index (χ1n) is 6.18. The van der Waals surface area contributed by atoms with Crippen LogP contribution in [0.4, 0.5) is 5.69 Å². The Morgan fingerprint density at radius 2 is 1.74 bits per heavy atom. The third kappa shape index (κ3) is 2.84. The molecular formula is C15H19N3O. The summed E-state index contributed by atoms with van der Waals surface area (Å²) in [4.78, 5) is 8.50. The van der Waals surface area contributed by atoms with Gasteiger partial charge in [0.15, 0.2) is 5.82 Å². The number of benzene rings is 1. The lowest BCUT2D eigenvalue weighted by molar-refractivity contribution is 0.397. The van der Waals surface area contributed by atoms with Crippen LogP contribution in [0.2, 0.25) is 0 Å². The summed E-state index contributed by atoms with van der Waals surface area (Å²) < 4.78 is 5.42. The molecular weight excluding hydrogens is 238 g/mol. The monoisotopic (exact) mass is 257 g/mol. The summed E-state index contributed by atoms with van der Waals surface area (Å²) in [5.74, 6) is 1.55. The number of methoxy groups -OCH3 is 1. The van der Waals surface area contributed by atoms with Crippen molar-refractivity contribution in [3.8, 4) is 17.1 Å². The highest BCUT2D eigenvalue weighted by Gasteiger charge is 2.19. The summed E-state index contributed by atoms with van der Waals surface area (Å²) in [5.41, 5.74) is 8.26. The summed E-state index contributed by atoms with van der Waals surface area (Å²) in [5, 5.41) is 0. The van der Waals surface area contributed by atoms with Gasteiger partial charge in [0.1, 0.15) is 5.75 Å². The predicted molar refractivity (Wildman–Crippen MR) is 77.1 cm³/mol. The largest absolute Gasteiger partial charge is 0.496 e. The van der Waals surface area contributed by atoms with Crippen LogP contribution < -0.4 is 10.5 Å². The van der Waals surface area contributed by atoms with Crippen LogP contribution in [0.3, 0.4) is 0 Å². The summed E-state index contributed by atoms with van der Waals surface area (Å²) in [6.45, 7) is 6.45. The number of aromatic nitrogens is 2. The van der Waals surface area contributed by atoms with Crippen molar-refractivity contribution in [1.29, 1.82) is 0 Å². The predicted octanol–water partition coefficient (Wildman–Crippen LogP) is 3.03. The molecule has 4 heteroatoms. The molecule has 2 rings (SSSR count). The molecule has 0 saturated heterocycles. The molecule has 1 heterocycles. The average Bonchev–Trinajstić information content (AvgIpc) is 2.38. The minimum Gasteiger partial charge on any atom is -0.496 e. The fourth-order valence-electron chi connectivity index (χ4n) is 1.92. The van der Waals surface area contributed by atoms with Gasteiger partial charge < -0.3 is 10.5 Å². The van der Waals surface area contributed by atoms with Crippen molar-refractivity contribution < 1.29 is 4.74 Å². The molecule has 0 aliphatic carbocycles. The van der Waals surface area contributed by atoms with Crippen LogP contribution in [0.15, 0.2) is 30.6 Å². The zero-order valence-electron chi connectivity index (χ0n) is 11.8. The SMILES string of the molecule is COc1ccc(-c2ncc(N)cn2)cc1C(C)(C)C. The van der Waals surface area contributed by atoms with E-state index in [2.05, 4.69) is 36.8 Å². The molecule has 0 spiro atoms. The molecule has 0 saturated carbocycles. The van der Waals surface area contributed by atoms with Gasteiger partial charge in [-0.15, -0.1) is 0 Å². The van der Waals surface area contributed by atoms with Crippen molar-refractivity contribution in [2.75, 3.05) is 12.8 Å². The summed E-state index contributed by atoms with van der Waals surface area (Å²) in [6.07, 6.45) is 3.23. The van der Waals surface area contributed by atoms with E-state index >= 15 is 0 Å². The number of hydrogen-bond acceptors (Lipinski definition) is 4. The van der Waals surface area contributed by atoms with Crippen molar-refractivity contribution in [3.05, 3.63) is 36.2 Å². The normalized spacial score (nSPS) is 11.4. The summed E-state index contributed by atoms with van der Waals surface area (Å²) in [6, 6.07) is 5.99. The number of ether oxygens (including phenoxy) is 1. The highest BCUT2D eigenvalue weighted by molar-refractivity contribution is 5.60. The Morgan fingerprint density at radius 1 is 1.11 bits per heavy atom. The number of anilines is 1. The molecule has 0 aliphatic heterocycles. The van der Waals surface area contributed by atoms with Crippen LogP contribution in [-0.4, -0.2) is 17.1 Å².